The summed E-state index contributed by atoms with van der Waals surface area (Å²) in [4.78, 5) is 4.50. The number of aromatic nitrogens is 3. The molecule has 2 aliphatic rings. The summed E-state index contributed by atoms with van der Waals surface area (Å²) in [5.41, 5.74) is 0. The molecule has 15 heavy (non-hydrogen) atoms. The minimum atomic E-state index is 0.125. The largest absolute Gasteiger partial charge is 0.370 e. The molecule has 5 nitrogen and oxygen atoms in total. The lowest BCUT2D eigenvalue weighted by Crippen LogP contribution is -2.26. The van der Waals surface area contributed by atoms with Crippen LogP contribution in [0.2, 0.25) is 0 Å². The predicted octanol–water partition coefficient (Wildman–Crippen LogP) is 1.33. The molecule has 3 heterocycles. The fourth-order valence-corrected chi connectivity index (χ4v) is 2.15. The minimum Gasteiger partial charge on any atom is -0.370 e. The number of hydrogen-bond acceptors (Lipinski definition) is 4. The summed E-state index contributed by atoms with van der Waals surface area (Å²) in [6.07, 6.45) is 3.42. The lowest BCUT2D eigenvalue weighted by atomic mass is 10.2. The molecule has 0 saturated carbocycles. The van der Waals surface area contributed by atoms with Crippen molar-refractivity contribution in [2.24, 2.45) is 0 Å². The molecule has 1 saturated heterocycles. The van der Waals surface area contributed by atoms with Gasteiger partial charge in [-0.05, 0) is 26.2 Å². The van der Waals surface area contributed by atoms with Gasteiger partial charge in [0, 0.05) is 19.2 Å². The molecule has 0 spiro atoms. The number of nitrogens with one attached hydrogen (secondary N) is 1. The van der Waals surface area contributed by atoms with Crippen molar-refractivity contribution in [1.29, 1.82) is 0 Å². The lowest BCUT2D eigenvalue weighted by molar-refractivity contribution is 0.105. The van der Waals surface area contributed by atoms with Gasteiger partial charge in [-0.2, -0.15) is 10.1 Å². The molecule has 1 N–H and O–H groups in total. The van der Waals surface area contributed by atoms with E-state index in [2.05, 4.69) is 22.3 Å². The molecule has 0 bridgehead atoms. The van der Waals surface area contributed by atoms with Crippen LogP contribution in [0, 0.1) is 0 Å². The summed E-state index contributed by atoms with van der Waals surface area (Å²) in [7, 11) is 0. The van der Waals surface area contributed by atoms with E-state index in [0.29, 0.717) is 6.04 Å². The van der Waals surface area contributed by atoms with Crippen molar-refractivity contribution in [1.82, 2.24) is 14.8 Å². The van der Waals surface area contributed by atoms with Crippen molar-refractivity contribution in [2.75, 3.05) is 11.9 Å². The first-order valence-electron chi connectivity index (χ1n) is 5.66. The van der Waals surface area contributed by atoms with Crippen LogP contribution < -0.4 is 5.32 Å². The highest BCUT2D eigenvalue weighted by Gasteiger charge is 2.25. The quantitative estimate of drug-likeness (QED) is 0.756. The van der Waals surface area contributed by atoms with Gasteiger partial charge in [0.15, 0.2) is 5.82 Å². The summed E-state index contributed by atoms with van der Waals surface area (Å²) in [6, 6.07) is 0.499. The van der Waals surface area contributed by atoms with Gasteiger partial charge in [-0.3, -0.25) is 0 Å². The fraction of sp³-hybridized carbons (Fsp3) is 0.800. The van der Waals surface area contributed by atoms with Crippen molar-refractivity contribution >= 4 is 5.95 Å². The molecule has 2 atom stereocenters. The molecule has 1 fully saturated rings. The number of anilines is 1. The van der Waals surface area contributed by atoms with Crippen LogP contribution in [-0.4, -0.2) is 27.4 Å². The van der Waals surface area contributed by atoms with E-state index < -0.39 is 0 Å². The highest BCUT2D eigenvalue weighted by Crippen LogP contribution is 2.28. The minimum absolute atomic E-state index is 0.125. The summed E-state index contributed by atoms with van der Waals surface area (Å²) in [5, 5.41) is 7.82. The number of hydrogen-bond donors (Lipinski definition) is 1. The maximum atomic E-state index is 5.58. The molecule has 2 unspecified atom stereocenters. The second-order valence-corrected chi connectivity index (χ2v) is 4.35. The number of aryl methyl sites for hydroxylation is 1. The van der Waals surface area contributed by atoms with E-state index in [4.69, 9.17) is 4.74 Å². The molecule has 0 aliphatic carbocycles. The van der Waals surface area contributed by atoms with Crippen LogP contribution in [-0.2, 0) is 11.3 Å². The Morgan fingerprint density at radius 1 is 1.47 bits per heavy atom. The third-order valence-corrected chi connectivity index (χ3v) is 3.06. The molecule has 1 aromatic rings. The van der Waals surface area contributed by atoms with Gasteiger partial charge in [-0.15, -0.1) is 0 Å². The zero-order chi connectivity index (χ0) is 10.3. The van der Waals surface area contributed by atoms with E-state index in [0.717, 1.165) is 44.2 Å². The Morgan fingerprint density at radius 2 is 2.40 bits per heavy atom. The average Bonchev–Trinajstić information content (AvgIpc) is 2.84. The van der Waals surface area contributed by atoms with Crippen LogP contribution in [0.25, 0.3) is 0 Å². The van der Waals surface area contributed by atoms with Crippen LogP contribution in [0.15, 0.2) is 0 Å². The number of rotatable bonds is 1. The first kappa shape index (κ1) is 9.15. The molecule has 82 valence electrons. The van der Waals surface area contributed by atoms with Gasteiger partial charge >= 0.3 is 0 Å². The fourth-order valence-electron chi connectivity index (χ4n) is 2.15. The zero-order valence-corrected chi connectivity index (χ0v) is 8.94. The van der Waals surface area contributed by atoms with E-state index >= 15 is 0 Å². The van der Waals surface area contributed by atoms with Crippen LogP contribution in [0.1, 0.15) is 38.1 Å². The Morgan fingerprint density at radius 3 is 3.20 bits per heavy atom. The van der Waals surface area contributed by atoms with E-state index in [1.807, 2.05) is 4.68 Å². The van der Waals surface area contributed by atoms with Gasteiger partial charge in [0.1, 0.15) is 6.10 Å². The Labute approximate surface area is 88.8 Å². The first-order valence-corrected chi connectivity index (χ1v) is 5.66. The Balaban J connectivity index is 1.85. The van der Waals surface area contributed by atoms with Gasteiger partial charge in [-0.25, -0.2) is 4.68 Å². The maximum absolute atomic E-state index is 5.58. The maximum Gasteiger partial charge on any atom is 0.221 e. The monoisotopic (exact) mass is 208 g/mol. The Bertz CT molecular complexity index is 356. The second-order valence-electron chi connectivity index (χ2n) is 4.35. The van der Waals surface area contributed by atoms with Crippen molar-refractivity contribution in [3.05, 3.63) is 5.82 Å². The highest BCUT2D eigenvalue weighted by atomic mass is 16.5. The summed E-state index contributed by atoms with van der Waals surface area (Å²) < 4.78 is 7.53. The van der Waals surface area contributed by atoms with Gasteiger partial charge < -0.3 is 10.1 Å². The molecule has 5 heteroatoms. The molecule has 3 rings (SSSR count). The zero-order valence-electron chi connectivity index (χ0n) is 8.94. The highest BCUT2D eigenvalue weighted by molar-refractivity contribution is 5.29. The predicted molar refractivity (Wildman–Crippen MR) is 55.7 cm³/mol. The van der Waals surface area contributed by atoms with Crippen LogP contribution in [0.5, 0.6) is 0 Å². The average molecular weight is 208 g/mol. The molecule has 0 radical (unpaired) electrons. The van der Waals surface area contributed by atoms with Gasteiger partial charge in [0.2, 0.25) is 5.95 Å². The van der Waals surface area contributed by atoms with Crippen molar-refractivity contribution in [3.63, 3.8) is 0 Å². The molecular weight excluding hydrogens is 192 g/mol. The second kappa shape index (κ2) is 3.48. The molecule has 0 amide bonds. The van der Waals surface area contributed by atoms with Gasteiger partial charge in [0.25, 0.3) is 0 Å². The third-order valence-electron chi connectivity index (χ3n) is 3.06. The van der Waals surface area contributed by atoms with E-state index in [1.165, 1.54) is 0 Å². The van der Waals surface area contributed by atoms with Crippen molar-refractivity contribution < 1.29 is 4.74 Å². The number of fused-ring (bicyclic) bond motifs is 1. The van der Waals surface area contributed by atoms with E-state index in [9.17, 15) is 0 Å². The molecule has 2 aliphatic heterocycles. The van der Waals surface area contributed by atoms with Gasteiger partial charge in [0.05, 0.1) is 0 Å². The van der Waals surface area contributed by atoms with Crippen LogP contribution in [0.4, 0.5) is 5.95 Å². The standard InChI is InChI=1S/C10H16N4O/c1-7-4-5-14-10(11-7)12-9(13-14)8-3-2-6-15-8/h7-8H,2-6H2,1H3,(H,11,12,13). The lowest BCUT2D eigenvalue weighted by Gasteiger charge is -2.20. The Hall–Kier alpha value is -1.10. The number of ether oxygens (including phenoxy) is 1. The number of nitrogens with zero attached hydrogens (tertiary/aromatic N) is 3. The van der Waals surface area contributed by atoms with Gasteiger partial charge in [-0.1, -0.05) is 0 Å². The third kappa shape index (κ3) is 1.61. The topological polar surface area (TPSA) is 52.0 Å². The first-order chi connectivity index (χ1) is 7.33. The summed E-state index contributed by atoms with van der Waals surface area (Å²) in [6.45, 7) is 3.98. The molecule has 0 aromatic carbocycles. The Kier molecular flexibility index (Phi) is 2.12. The SMILES string of the molecule is CC1CCn2nc(C3CCCO3)nc2N1. The van der Waals surface area contributed by atoms with Crippen molar-refractivity contribution in [3.8, 4) is 0 Å². The summed E-state index contributed by atoms with van der Waals surface area (Å²) >= 11 is 0. The van der Waals surface area contributed by atoms with E-state index in [1.54, 1.807) is 0 Å². The summed E-state index contributed by atoms with van der Waals surface area (Å²) in [5.74, 6) is 1.75. The smallest absolute Gasteiger partial charge is 0.221 e. The molecule has 1 aromatic heterocycles. The van der Waals surface area contributed by atoms with Crippen LogP contribution >= 0.6 is 0 Å². The molecular formula is C10H16N4O. The van der Waals surface area contributed by atoms with E-state index in [-0.39, 0.29) is 6.10 Å². The van der Waals surface area contributed by atoms with Crippen LogP contribution in [0.3, 0.4) is 0 Å². The van der Waals surface area contributed by atoms with Crippen molar-refractivity contribution in [2.45, 2.75) is 44.9 Å². The normalized spacial score (nSPS) is 29.9.